The number of piperazine rings is 1. The molecular weight excluding hydrogens is 282 g/mol. The van der Waals surface area contributed by atoms with E-state index in [1.807, 2.05) is 4.90 Å². The maximum atomic E-state index is 12.7. The third-order valence-electron chi connectivity index (χ3n) is 4.36. The standard InChI is InChI=1S/C16H29N3O3/c1-12(2)11-13(17-15(20)14-5-4-10-22-14)16(21)19-8-6-18(3)7-9-19/h12-14H,4-11H2,1-3H3,(H,17,20)/t13-,14?/m1/s1. The normalized spacial score (nSPS) is 24.5. The molecule has 2 heterocycles. The molecule has 0 spiro atoms. The van der Waals surface area contributed by atoms with Gasteiger partial charge in [-0.15, -0.1) is 0 Å². The lowest BCUT2D eigenvalue weighted by Gasteiger charge is -2.35. The number of carbonyl (C=O) groups excluding carboxylic acids is 2. The number of likely N-dealkylation sites (N-methyl/N-ethyl adjacent to an activating group) is 1. The van der Waals surface area contributed by atoms with Crippen LogP contribution in [0.5, 0.6) is 0 Å². The molecule has 2 aliphatic rings. The lowest BCUT2D eigenvalue weighted by molar-refractivity contribution is -0.140. The van der Waals surface area contributed by atoms with Crippen molar-refractivity contribution in [3.05, 3.63) is 0 Å². The van der Waals surface area contributed by atoms with Crippen LogP contribution < -0.4 is 5.32 Å². The van der Waals surface area contributed by atoms with E-state index >= 15 is 0 Å². The number of ether oxygens (including phenoxy) is 1. The van der Waals surface area contributed by atoms with Crippen LogP contribution in [0.25, 0.3) is 0 Å². The van der Waals surface area contributed by atoms with Crippen LogP contribution in [-0.2, 0) is 14.3 Å². The second-order valence-electron chi connectivity index (χ2n) is 6.82. The summed E-state index contributed by atoms with van der Waals surface area (Å²) in [6.07, 6.45) is 1.96. The first-order valence-corrected chi connectivity index (χ1v) is 8.36. The second-order valence-corrected chi connectivity index (χ2v) is 6.82. The maximum absolute atomic E-state index is 12.7. The molecule has 2 rings (SSSR count). The van der Waals surface area contributed by atoms with Gasteiger partial charge in [-0.1, -0.05) is 13.8 Å². The molecule has 0 bridgehead atoms. The SMILES string of the molecule is CC(C)C[C@@H](NC(=O)C1CCCO1)C(=O)N1CCN(C)CC1. The van der Waals surface area contributed by atoms with Crippen LogP contribution in [0.3, 0.4) is 0 Å². The Morgan fingerprint density at radius 3 is 2.45 bits per heavy atom. The van der Waals surface area contributed by atoms with Gasteiger partial charge in [0.2, 0.25) is 11.8 Å². The largest absolute Gasteiger partial charge is 0.368 e. The summed E-state index contributed by atoms with van der Waals surface area (Å²) in [6, 6.07) is -0.430. The van der Waals surface area contributed by atoms with Crippen LogP contribution in [0.1, 0.15) is 33.1 Å². The second kappa shape index (κ2) is 7.92. The van der Waals surface area contributed by atoms with Crippen molar-refractivity contribution >= 4 is 11.8 Å². The Morgan fingerprint density at radius 2 is 1.91 bits per heavy atom. The van der Waals surface area contributed by atoms with E-state index < -0.39 is 6.04 Å². The van der Waals surface area contributed by atoms with Gasteiger partial charge in [0.1, 0.15) is 12.1 Å². The molecule has 0 aromatic rings. The van der Waals surface area contributed by atoms with Crippen LogP contribution in [-0.4, -0.2) is 73.6 Å². The minimum absolute atomic E-state index is 0.0492. The lowest BCUT2D eigenvalue weighted by atomic mass is 10.0. The number of carbonyl (C=O) groups is 2. The van der Waals surface area contributed by atoms with Gasteiger partial charge >= 0.3 is 0 Å². The summed E-state index contributed by atoms with van der Waals surface area (Å²) in [5.74, 6) is 0.269. The summed E-state index contributed by atoms with van der Waals surface area (Å²) in [5.41, 5.74) is 0. The van der Waals surface area contributed by atoms with Crippen LogP contribution in [0, 0.1) is 5.92 Å². The zero-order valence-corrected chi connectivity index (χ0v) is 14.0. The molecule has 0 saturated carbocycles. The highest BCUT2D eigenvalue weighted by atomic mass is 16.5. The van der Waals surface area contributed by atoms with E-state index in [-0.39, 0.29) is 17.9 Å². The molecule has 126 valence electrons. The highest BCUT2D eigenvalue weighted by molar-refractivity contribution is 5.89. The summed E-state index contributed by atoms with van der Waals surface area (Å²) in [6.45, 7) is 8.03. The van der Waals surface area contributed by atoms with E-state index in [0.717, 1.165) is 39.0 Å². The fourth-order valence-corrected chi connectivity index (χ4v) is 2.99. The summed E-state index contributed by atoms with van der Waals surface area (Å²) >= 11 is 0. The minimum Gasteiger partial charge on any atom is -0.368 e. The molecule has 0 aliphatic carbocycles. The van der Waals surface area contributed by atoms with E-state index in [2.05, 4.69) is 31.1 Å². The molecule has 22 heavy (non-hydrogen) atoms. The minimum atomic E-state index is -0.430. The van der Waals surface area contributed by atoms with Gasteiger partial charge in [-0.25, -0.2) is 0 Å². The number of nitrogens with one attached hydrogen (secondary N) is 1. The first kappa shape index (κ1) is 17.2. The summed E-state index contributed by atoms with van der Waals surface area (Å²) in [5, 5.41) is 2.93. The van der Waals surface area contributed by atoms with E-state index in [0.29, 0.717) is 18.9 Å². The van der Waals surface area contributed by atoms with Crippen molar-refractivity contribution in [2.75, 3.05) is 39.8 Å². The van der Waals surface area contributed by atoms with E-state index in [9.17, 15) is 9.59 Å². The van der Waals surface area contributed by atoms with Crippen molar-refractivity contribution in [3.8, 4) is 0 Å². The smallest absolute Gasteiger partial charge is 0.249 e. The number of hydrogen-bond donors (Lipinski definition) is 1. The summed E-state index contributed by atoms with van der Waals surface area (Å²) < 4.78 is 5.42. The molecular formula is C16H29N3O3. The molecule has 0 radical (unpaired) electrons. The number of amides is 2. The van der Waals surface area contributed by atoms with Crippen molar-refractivity contribution in [3.63, 3.8) is 0 Å². The van der Waals surface area contributed by atoms with Gasteiger partial charge < -0.3 is 19.9 Å². The van der Waals surface area contributed by atoms with Gasteiger partial charge in [-0.05, 0) is 32.2 Å². The van der Waals surface area contributed by atoms with Crippen LogP contribution in [0.2, 0.25) is 0 Å². The van der Waals surface area contributed by atoms with Gasteiger partial charge in [0.05, 0.1) is 0 Å². The predicted octanol–water partition coefficient (Wildman–Crippen LogP) is 0.470. The zero-order chi connectivity index (χ0) is 16.1. The van der Waals surface area contributed by atoms with E-state index in [4.69, 9.17) is 4.74 Å². The first-order chi connectivity index (χ1) is 10.5. The molecule has 6 heteroatoms. The summed E-state index contributed by atoms with van der Waals surface area (Å²) in [7, 11) is 2.06. The zero-order valence-electron chi connectivity index (χ0n) is 14.0. The Kier molecular flexibility index (Phi) is 6.20. The van der Waals surface area contributed by atoms with Crippen LogP contribution in [0.4, 0.5) is 0 Å². The third kappa shape index (κ3) is 4.68. The van der Waals surface area contributed by atoms with Crippen molar-refractivity contribution in [1.82, 2.24) is 15.1 Å². The molecule has 1 N–H and O–H groups in total. The molecule has 2 atom stereocenters. The van der Waals surface area contributed by atoms with Crippen molar-refractivity contribution in [2.45, 2.75) is 45.3 Å². The molecule has 2 saturated heterocycles. The van der Waals surface area contributed by atoms with Crippen molar-refractivity contribution in [2.24, 2.45) is 5.92 Å². The monoisotopic (exact) mass is 311 g/mol. The van der Waals surface area contributed by atoms with Gasteiger partial charge in [0.15, 0.2) is 0 Å². The Bertz CT molecular complexity index is 386. The van der Waals surface area contributed by atoms with Gasteiger partial charge in [-0.2, -0.15) is 0 Å². The number of rotatable bonds is 5. The Balaban J connectivity index is 1.95. The highest BCUT2D eigenvalue weighted by Crippen LogP contribution is 2.14. The fourth-order valence-electron chi connectivity index (χ4n) is 2.99. The Hall–Kier alpha value is -1.14. The van der Waals surface area contributed by atoms with E-state index in [1.54, 1.807) is 0 Å². The van der Waals surface area contributed by atoms with Crippen LogP contribution in [0.15, 0.2) is 0 Å². The molecule has 0 aromatic carbocycles. The van der Waals surface area contributed by atoms with Crippen molar-refractivity contribution < 1.29 is 14.3 Å². The molecule has 2 fully saturated rings. The highest BCUT2D eigenvalue weighted by Gasteiger charge is 2.31. The quantitative estimate of drug-likeness (QED) is 0.802. The lowest BCUT2D eigenvalue weighted by Crippen LogP contribution is -2.55. The van der Waals surface area contributed by atoms with Crippen molar-refractivity contribution in [1.29, 1.82) is 0 Å². The first-order valence-electron chi connectivity index (χ1n) is 8.36. The molecule has 0 aromatic heterocycles. The Labute approximate surface area is 133 Å². The molecule has 2 aliphatic heterocycles. The fraction of sp³-hybridized carbons (Fsp3) is 0.875. The van der Waals surface area contributed by atoms with E-state index in [1.165, 1.54) is 0 Å². The van der Waals surface area contributed by atoms with Gasteiger partial charge in [-0.3, -0.25) is 9.59 Å². The average molecular weight is 311 g/mol. The topological polar surface area (TPSA) is 61.9 Å². The van der Waals surface area contributed by atoms with Crippen LogP contribution >= 0.6 is 0 Å². The molecule has 2 amide bonds. The number of nitrogens with zero attached hydrogens (tertiary/aromatic N) is 2. The maximum Gasteiger partial charge on any atom is 0.249 e. The van der Waals surface area contributed by atoms with Gasteiger partial charge in [0.25, 0.3) is 0 Å². The third-order valence-corrected chi connectivity index (χ3v) is 4.36. The molecule has 6 nitrogen and oxygen atoms in total. The predicted molar refractivity (Wildman–Crippen MR) is 84.4 cm³/mol. The summed E-state index contributed by atoms with van der Waals surface area (Å²) in [4.78, 5) is 29.1. The van der Waals surface area contributed by atoms with Gasteiger partial charge in [0, 0.05) is 32.8 Å². The average Bonchev–Trinajstić information content (AvgIpc) is 3.00. The molecule has 1 unspecified atom stereocenters. The Morgan fingerprint density at radius 1 is 1.23 bits per heavy atom. The number of hydrogen-bond acceptors (Lipinski definition) is 4.